The average Bonchev–Trinajstić information content (AvgIpc) is 2.65. The lowest BCUT2D eigenvalue weighted by Gasteiger charge is -2.16. The summed E-state index contributed by atoms with van der Waals surface area (Å²) in [7, 11) is -4.70. The topological polar surface area (TPSA) is 54.5 Å². The van der Waals surface area contributed by atoms with Crippen molar-refractivity contribution in [3.8, 4) is 0 Å². The SMILES string of the molecule is Cc1cc(CN2CC(S(=O)(=O)F)CC2=O)ccc1F. The van der Waals surface area contributed by atoms with Crippen molar-refractivity contribution in [2.24, 2.45) is 0 Å². The van der Waals surface area contributed by atoms with Crippen molar-refractivity contribution in [3.63, 3.8) is 0 Å². The maximum atomic E-state index is 13.1. The summed E-state index contributed by atoms with van der Waals surface area (Å²) in [6.07, 6.45) is -0.334. The molecule has 0 saturated carbocycles. The van der Waals surface area contributed by atoms with E-state index >= 15 is 0 Å². The van der Waals surface area contributed by atoms with Crippen molar-refractivity contribution in [1.29, 1.82) is 0 Å². The zero-order valence-electron chi connectivity index (χ0n) is 10.3. The summed E-state index contributed by atoms with van der Waals surface area (Å²) in [6.45, 7) is 1.60. The van der Waals surface area contributed by atoms with E-state index in [1.807, 2.05) is 0 Å². The highest BCUT2D eigenvalue weighted by molar-refractivity contribution is 7.87. The van der Waals surface area contributed by atoms with Crippen LogP contribution in [0.2, 0.25) is 0 Å². The van der Waals surface area contributed by atoms with Gasteiger partial charge in [-0.05, 0) is 24.1 Å². The molecule has 1 aromatic rings. The number of nitrogens with zero attached hydrogens (tertiary/aromatic N) is 1. The summed E-state index contributed by atoms with van der Waals surface area (Å²) in [5, 5.41) is -1.29. The fourth-order valence-electron chi connectivity index (χ4n) is 2.10. The first-order chi connectivity index (χ1) is 8.77. The minimum absolute atomic E-state index is 0.159. The van der Waals surface area contributed by atoms with Gasteiger partial charge < -0.3 is 4.90 Å². The first kappa shape index (κ1) is 13.9. The number of rotatable bonds is 3. The summed E-state index contributed by atoms with van der Waals surface area (Å²) >= 11 is 0. The first-order valence-corrected chi connectivity index (χ1v) is 7.18. The molecule has 1 aromatic carbocycles. The third kappa shape index (κ3) is 3.09. The number of halogens is 2. The molecule has 1 aliphatic rings. The quantitative estimate of drug-likeness (QED) is 0.793. The van der Waals surface area contributed by atoms with E-state index in [2.05, 4.69) is 0 Å². The molecule has 1 amide bonds. The summed E-state index contributed by atoms with van der Waals surface area (Å²) in [6, 6.07) is 4.39. The average molecular weight is 289 g/mol. The Morgan fingerprint density at radius 2 is 2.11 bits per heavy atom. The van der Waals surface area contributed by atoms with Gasteiger partial charge in [0.15, 0.2) is 0 Å². The van der Waals surface area contributed by atoms with Crippen molar-refractivity contribution in [2.75, 3.05) is 6.54 Å². The standard InChI is InChI=1S/C12H13F2NO3S/c1-8-4-9(2-3-11(8)13)6-15-7-10(5-12(15)16)19(14,17)18/h2-4,10H,5-7H2,1H3. The Morgan fingerprint density at radius 1 is 1.42 bits per heavy atom. The summed E-state index contributed by atoms with van der Waals surface area (Å²) in [4.78, 5) is 12.9. The van der Waals surface area contributed by atoms with E-state index in [1.54, 1.807) is 13.0 Å². The van der Waals surface area contributed by atoms with E-state index in [0.29, 0.717) is 11.1 Å². The van der Waals surface area contributed by atoms with Crippen molar-refractivity contribution in [3.05, 3.63) is 35.1 Å². The third-order valence-electron chi connectivity index (χ3n) is 3.17. The molecule has 0 aliphatic carbocycles. The molecule has 0 aromatic heterocycles. The Kier molecular flexibility index (Phi) is 3.58. The van der Waals surface area contributed by atoms with Crippen LogP contribution in [-0.4, -0.2) is 31.0 Å². The molecule has 7 heteroatoms. The molecular weight excluding hydrogens is 276 g/mol. The molecule has 0 radical (unpaired) electrons. The van der Waals surface area contributed by atoms with Crippen molar-refractivity contribution < 1.29 is 21.5 Å². The fraction of sp³-hybridized carbons (Fsp3) is 0.417. The van der Waals surface area contributed by atoms with Crippen LogP contribution in [0, 0.1) is 12.7 Å². The normalized spacial score (nSPS) is 20.1. The van der Waals surface area contributed by atoms with Crippen molar-refractivity contribution in [2.45, 2.75) is 25.1 Å². The molecule has 1 saturated heterocycles. The van der Waals surface area contributed by atoms with Crippen LogP contribution in [0.5, 0.6) is 0 Å². The van der Waals surface area contributed by atoms with Gasteiger partial charge in [0.05, 0.1) is 0 Å². The lowest BCUT2D eigenvalue weighted by atomic mass is 10.1. The van der Waals surface area contributed by atoms with Crippen LogP contribution >= 0.6 is 0 Å². The van der Waals surface area contributed by atoms with Crippen LogP contribution in [0.25, 0.3) is 0 Å². The van der Waals surface area contributed by atoms with Gasteiger partial charge in [0.2, 0.25) is 5.91 Å². The molecule has 19 heavy (non-hydrogen) atoms. The van der Waals surface area contributed by atoms with Gasteiger partial charge in [0.25, 0.3) is 0 Å². The number of aryl methyl sites for hydroxylation is 1. The zero-order chi connectivity index (χ0) is 14.2. The lowest BCUT2D eigenvalue weighted by Crippen LogP contribution is -2.26. The monoisotopic (exact) mass is 289 g/mol. The highest BCUT2D eigenvalue weighted by Crippen LogP contribution is 2.22. The van der Waals surface area contributed by atoms with Crippen LogP contribution in [0.15, 0.2) is 18.2 Å². The zero-order valence-corrected chi connectivity index (χ0v) is 11.1. The highest BCUT2D eigenvalue weighted by atomic mass is 32.3. The van der Waals surface area contributed by atoms with Crippen molar-refractivity contribution in [1.82, 2.24) is 4.90 Å². The van der Waals surface area contributed by atoms with Gasteiger partial charge in [0, 0.05) is 19.5 Å². The minimum Gasteiger partial charge on any atom is -0.337 e. The Morgan fingerprint density at radius 3 is 2.63 bits per heavy atom. The smallest absolute Gasteiger partial charge is 0.307 e. The molecule has 0 N–H and O–H groups in total. The van der Waals surface area contributed by atoms with Gasteiger partial charge >= 0.3 is 10.2 Å². The molecular formula is C12H13F2NO3S. The molecule has 4 nitrogen and oxygen atoms in total. The molecule has 0 bridgehead atoms. The fourth-order valence-corrected chi connectivity index (χ4v) is 2.80. The van der Waals surface area contributed by atoms with Crippen LogP contribution in [0.3, 0.4) is 0 Å². The van der Waals surface area contributed by atoms with E-state index in [0.717, 1.165) is 0 Å². The number of hydrogen-bond acceptors (Lipinski definition) is 3. The van der Waals surface area contributed by atoms with E-state index in [9.17, 15) is 21.5 Å². The van der Waals surface area contributed by atoms with E-state index in [-0.39, 0.29) is 25.3 Å². The molecule has 1 aliphatic heterocycles. The van der Waals surface area contributed by atoms with Gasteiger partial charge in [-0.25, -0.2) is 4.39 Å². The number of hydrogen-bond donors (Lipinski definition) is 0. The van der Waals surface area contributed by atoms with Crippen molar-refractivity contribution >= 4 is 16.1 Å². The molecule has 1 heterocycles. The van der Waals surface area contributed by atoms with Crippen LogP contribution < -0.4 is 0 Å². The maximum Gasteiger partial charge on any atom is 0.307 e. The van der Waals surface area contributed by atoms with Crippen LogP contribution in [0.4, 0.5) is 8.28 Å². The molecule has 2 rings (SSSR count). The Labute approximate surface area is 110 Å². The summed E-state index contributed by atoms with van der Waals surface area (Å²) < 4.78 is 47.5. The first-order valence-electron chi connectivity index (χ1n) is 5.73. The molecule has 1 atom stereocenters. The Hall–Kier alpha value is -1.50. The molecule has 104 valence electrons. The van der Waals surface area contributed by atoms with E-state index < -0.39 is 21.4 Å². The predicted octanol–water partition coefficient (Wildman–Crippen LogP) is 1.53. The lowest BCUT2D eigenvalue weighted by molar-refractivity contribution is -0.128. The second-order valence-corrected chi connectivity index (χ2v) is 6.28. The minimum atomic E-state index is -4.70. The molecule has 1 unspecified atom stereocenters. The predicted molar refractivity (Wildman–Crippen MR) is 65.0 cm³/mol. The van der Waals surface area contributed by atoms with Gasteiger partial charge in [-0.2, -0.15) is 8.42 Å². The van der Waals surface area contributed by atoms with Gasteiger partial charge in [-0.15, -0.1) is 3.89 Å². The second-order valence-electron chi connectivity index (χ2n) is 4.66. The highest BCUT2D eigenvalue weighted by Gasteiger charge is 2.38. The largest absolute Gasteiger partial charge is 0.337 e. The van der Waals surface area contributed by atoms with Gasteiger partial charge in [-0.1, -0.05) is 12.1 Å². The van der Waals surface area contributed by atoms with Gasteiger partial charge in [0.1, 0.15) is 11.1 Å². The maximum absolute atomic E-state index is 13.1. The van der Waals surface area contributed by atoms with Crippen LogP contribution in [-0.2, 0) is 21.6 Å². The second kappa shape index (κ2) is 4.88. The Bertz CT molecular complexity index is 615. The van der Waals surface area contributed by atoms with E-state index in [1.165, 1.54) is 17.0 Å². The van der Waals surface area contributed by atoms with Crippen LogP contribution in [0.1, 0.15) is 17.5 Å². The number of likely N-dealkylation sites (tertiary alicyclic amines) is 1. The number of benzene rings is 1. The number of carbonyl (C=O) groups excluding carboxylic acids is 1. The molecule has 0 spiro atoms. The molecule has 1 fully saturated rings. The number of carbonyl (C=O) groups is 1. The summed E-state index contributed by atoms with van der Waals surface area (Å²) in [5.41, 5.74) is 1.13. The van der Waals surface area contributed by atoms with Gasteiger partial charge in [-0.3, -0.25) is 4.79 Å². The van der Waals surface area contributed by atoms with E-state index in [4.69, 9.17) is 0 Å². The third-order valence-corrected chi connectivity index (χ3v) is 4.29. The Balaban J connectivity index is 2.12. The number of amides is 1. The summed E-state index contributed by atoms with van der Waals surface area (Å²) in [5.74, 6) is -0.756.